The van der Waals surface area contributed by atoms with E-state index in [1.807, 2.05) is 0 Å². The largest absolute Gasteiger partial charge is 0.508 e. The van der Waals surface area contributed by atoms with Crippen LogP contribution in [0.3, 0.4) is 0 Å². The topological polar surface area (TPSA) is 110 Å². The Kier molecular flexibility index (Phi) is 6.84. The number of halogens is 4. The van der Waals surface area contributed by atoms with E-state index in [2.05, 4.69) is 25.0 Å². The number of carbonyl (C=O) groups is 1. The minimum atomic E-state index is -1.22. The number of aromatic hydroxyl groups is 1. The van der Waals surface area contributed by atoms with Gasteiger partial charge in [0.1, 0.15) is 29.7 Å². The number of benzene rings is 2. The zero-order valence-corrected chi connectivity index (χ0v) is 24.3. The molecule has 2 aliphatic rings. The molecule has 0 bridgehead atoms. The molecule has 0 saturated carbocycles. The van der Waals surface area contributed by atoms with Crippen LogP contribution in [0.15, 0.2) is 42.9 Å². The van der Waals surface area contributed by atoms with Crippen LogP contribution in [-0.2, 0) is 0 Å². The minimum Gasteiger partial charge on any atom is -0.508 e. The van der Waals surface area contributed by atoms with Gasteiger partial charge in [0, 0.05) is 61.4 Å². The van der Waals surface area contributed by atoms with Crippen LogP contribution < -0.4 is 4.74 Å². The highest BCUT2D eigenvalue weighted by molar-refractivity contribution is 6.00. The van der Waals surface area contributed by atoms with Gasteiger partial charge in [-0.05, 0) is 43.0 Å². The predicted octanol–water partition coefficient (Wildman–Crippen LogP) is 5.32. The summed E-state index contributed by atoms with van der Waals surface area (Å²) in [6.45, 7) is 1.12. The first-order valence-electron chi connectivity index (χ1n) is 14.3. The first kappa shape index (κ1) is 28.9. The van der Waals surface area contributed by atoms with Gasteiger partial charge >= 0.3 is 12.0 Å². The zero-order valence-electron chi connectivity index (χ0n) is 24.3. The van der Waals surface area contributed by atoms with Gasteiger partial charge in [-0.3, -0.25) is 9.88 Å². The van der Waals surface area contributed by atoms with E-state index in [1.165, 1.54) is 35.6 Å². The number of rotatable bonds is 5. The molecule has 2 fully saturated rings. The summed E-state index contributed by atoms with van der Waals surface area (Å²) in [4.78, 5) is 29.0. The summed E-state index contributed by atoms with van der Waals surface area (Å²) in [5, 5.41) is 14.5. The normalized spacial score (nSPS) is 19.8. The summed E-state index contributed by atoms with van der Waals surface area (Å²) in [6.07, 6.45) is 4.98. The number of carbonyl (C=O) groups excluding carboxylic acids is 1. The Hall–Kier alpha value is -4.85. The van der Waals surface area contributed by atoms with Gasteiger partial charge in [-0.15, -0.1) is 0 Å². The maximum absolute atomic E-state index is 16.5. The number of phenols is 1. The average Bonchev–Trinajstić information content (AvgIpc) is 3.72. The fourth-order valence-electron chi connectivity index (χ4n) is 6.48. The van der Waals surface area contributed by atoms with E-state index in [0.717, 1.165) is 36.2 Å². The number of fused-ring (bicyclic) bond motifs is 3. The summed E-state index contributed by atoms with van der Waals surface area (Å²) in [5.41, 5.74) is -0.884. The Morgan fingerprint density at radius 1 is 1.13 bits per heavy atom. The molecule has 45 heavy (non-hydrogen) atoms. The van der Waals surface area contributed by atoms with Crippen molar-refractivity contribution in [2.45, 2.75) is 31.0 Å². The summed E-state index contributed by atoms with van der Waals surface area (Å²) < 4.78 is 67.4. The van der Waals surface area contributed by atoms with Gasteiger partial charge in [0.25, 0.3) is 0 Å². The Morgan fingerprint density at radius 2 is 1.96 bits per heavy atom. The highest BCUT2D eigenvalue weighted by Gasteiger charge is 2.49. The number of pyridine rings is 1. The second-order valence-electron chi connectivity index (χ2n) is 11.7. The molecule has 1 amide bonds. The van der Waals surface area contributed by atoms with Crippen LogP contribution in [0.2, 0.25) is 0 Å². The molecule has 0 radical (unpaired) electrons. The van der Waals surface area contributed by atoms with Gasteiger partial charge < -0.3 is 14.7 Å². The third kappa shape index (κ3) is 4.80. The second kappa shape index (κ2) is 10.6. The van der Waals surface area contributed by atoms with Crippen LogP contribution in [0, 0.1) is 17.5 Å². The molecule has 1 N–H and O–H groups in total. The van der Waals surface area contributed by atoms with Crippen LogP contribution in [0.1, 0.15) is 19.3 Å². The molecule has 0 unspecified atom stereocenters. The zero-order chi connectivity index (χ0) is 31.6. The highest BCUT2D eigenvalue weighted by atomic mass is 19.2. The molecule has 2 aliphatic heterocycles. The molecule has 5 heterocycles. The van der Waals surface area contributed by atoms with Crippen molar-refractivity contribution in [2.75, 3.05) is 33.8 Å². The van der Waals surface area contributed by atoms with E-state index < -0.39 is 40.9 Å². The molecule has 2 aromatic carbocycles. The average molecular weight is 622 g/mol. The molecule has 2 saturated heterocycles. The molecular weight excluding hydrogens is 594 g/mol. The highest BCUT2D eigenvalue weighted by Crippen LogP contribution is 2.41. The van der Waals surface area contributed by atoms with E-state index >= 15 is 8.78 Å². The molecule has 232 valence electrons. The van der Waals surface area contributed by atoms with Crippen molar-refractivity contribution in [3.8, 4) is 34.3 Å². The maximum Gasteiger partial charge on any atom is 0.344 e. The van der Waals surface area contributed by atoms with Gasteiger partial charge in [-0.1, -0.05) is 6.07 Å². The number of alkyl halides is 1. The number of phenolic OH excluding ortho intramolecular Hbond substituents is 1. The summed E-state index contributed by atoms with van der Waals surface area (Å²) in [7, 11) is 3.13. The Labute approximate surface area is 253 Å². The van der Waals surface area contributed by atoms with E-state index in [1.54, 1.807) is 14.1 Å². The van der Waals surface area contributed by atoms with Gasteiger partial charge in [0.05, 0.1) is 17.4 Å². The SMILES string of the molecule is CN(C)C(=O)n1cc(-c2nc(OC[C@@]34CCCN3C[C@H](F)C4)nc3c(F)c(-c4cc(O)cc5ccc(F)c(F)c45)ncc23)cn1. The first-order valence-corrected chi connectivity index (χ1v) is 14.3. The maximum atomic E-state index is 16.5. The Balaban J connectivity index is 1.39. The molecule has 14 heteroatoms. The van der Waals surface area contributed by atoms with Crippen LogP contribution in [0.4, 0.5) is 22.4 Å². The van der Waals surface area contributed by atoms with Crippen LogP contribution >= 0.6 is 0 Å². The minimum absolute atomic E-state index is 0.0674. The number of nitrogens with zero attached hydrogens (tertiary/aromatic N) is 7. The Bertz CT molecular complexity index is 2000. The molecule has 10 nitrogen and oxygen atoms in total. The van der Waals surface area contributed by atoms with Gasteiger partial charge in [-0.2, -0.15) is 19.7 Å². The summed E-state index contributed by atoms with van der Waals surface area (Å²) >= 11 is 0. The van der Waals surface area contributed by atoms with E-state index in [4.69, 9.17) is 4.74 Å². The third-order valence-electron chi connectivity index (χ3n) is 8.58. The molecule has 7 rings (SSSR count). The fraction of sp³-hybridized carbons (Fsp3) is 0.323. The lowest BCUT2D eigenvalue weighted by Gasteiger charge is -2.30. The summed E-state index contributed by atoms with van der Waals surface area (Å²) in [6, 6.07) is 3.87. The number of hydrogen-bond acceptors (Lipinski definition) is 8. The molecule has 2 atom stereocenters. The van der Waals surface area contributed by atoms with Gasteiger partial charge in [0.2, 0.25) is 0 Å². The standard InChI is InChI=1S/C31H27F4N7O3/c1-40(2)30(44)42-13-17(11-37-42)26-21-12-36-27(20-9-19(43)8-16-4-5-22(33)24(34)23(16)20)25(35)28(21)39-29(38-26)45-15-31-6-3-7-41(31)14-18(32)10-31/h4-5,8-9,11-13,18,43H,3,6-7,10,14-15H2,1-2H3/t18-,31+/m1/s1. The number of aromatic nitrogens is 5. The first-order chi connectivity index (χ1) is 21.5. The molecular formula is C31H27F4N7O3. The molecule has 0 aliphatic carbocycles. The van der Waals surface area contributed by atoms with Crippen LogP contribution in [0.5, 0.6) is 11.8 Å². The summed E-state index contributed by atoms with van der Waals surface area (Å²) in [5.74, 6) is -3.68. The lowest BCUT2D eigenvalue weighted by molar-refractivity contribution is 0.107. The van der Waals surface area contributed by atoms with Crippen molar-refractivity contribution in [3.05, 3.63) is 60.3 Å². The van der Waals surface area contributed by atoms with Crippen molar-refractivity contribution in [1.29, 1.82) is 0 Å². The predicted molar refractivity (Wildman–Crippen MR) is 156 cm³/mol. The second-order valence-corrected chi connectivity index (χ2v) is 11.7. The lowest BCUT2D eigenvalue weighted by Crippen LogP contribution is -2.43. The Morgan fingerprint density at radius 3 is 2.76 bits per heavy atom. The lowest BCUT2D eigenvalue weighted by atomic mass is 9.95. The van der Waals surface area contributed by atoms with Crippen molar-refractivity contribution in [3.63, 3.8) is 0 Å². The van der Waals surface area contributed by atoms with Crippen molar-refractivity contribution >= 4 is 27.7 Å². The van der Waals surface area contributed by atoms with Crippen LogP contribution in [0.25, 0.3) is 44.2 Å². The van der Waals surface area contributed by atoms with Crippen molar-refractivity contribution in [2.24, 2.45) is 0 Å². The molecule has 0 spiro atoms. The smallest absolute Gasteiger partial charge is 0.344 e. The molecule has 5 aromatic rings. The third-order valence-corrected chi connectivity index (χ3v) is 8.58. The molecule has 3 aromatic heterocycles. The van der Waals surface area contributed by atoms with Crippen LogP contribution in [-0.4, -0.2) is 91.2 Å². The quantitative estimate of drug-likeness (QED) is 0.263. The fourth-order valence-corrected chi connectivity index (χ4v) is 6.48. The van der Waals surface area contributed by atoms with E-state index in [0.29, 0.717) is 18.5 Å². The number of ether oxygens (including phenoxy) is 1. The van der Waals surface area contributed by atoms with Gasteiger partial charge in [0.15, 0.2) is 17.5 Å². The van der Waals surface area contributed by atoms with E-state index in [-0.39, 0.29) is 51.3 Å². The number of amides is 1. The van der Waals surface area contributed by atoms with E-state index in [9.17, 15) is 18.7 Å². The van der Waals surface area contributed by atoms with Crippen molar-refractivity contribution < 1.29 is 32.2 Å². The van der Waals surface area contributed by atoms with Gasteiger partial charge in [-0.25, -0.2) is 22.4 Å². The van der Waals surface area contributed by atoms with Crippen molar-refractivity contribution in [1.82, 2.24) is 34.5 Å². The number of hydrogen-bond donors (Lipinski definition) is 1. The monoisotopic (exact) mass is 621 g/mol.